The Bertz CT molecular complexity index is 1060. The van der Waals surface area contributed by atoms with Crippen molar-refractivity contribution < 1.29 is 18.4 Å². The van der Waals surface area contributed by atoms with Gasteiger partial charge in [0.1, 0.15) is 17.7 Å². The van der Waals surface area contributed by atoms with Crippen LogP contribution < -0.4 is 10.6 Å². The van der Waals surface area contributed by atoms with Gasteiger partial charge in [0.2, 0.25) is 0 Å². The van der Waals surface area contributed by atoms with E-state index in [1.807, 2.05) is 5.38 Å². The molecular formula is C21H15F2N3O2S. The second-order valence-electron chi connectivity index (χ2n) is 6.06. The van der Waals surface area contributed by atoms with E-state index in [4.69, 9.17) is 0 Å². The van der Waals surface area contributed by atoms with Gasteiger partial charge in [-0.15, -0.1) is 11.3 Å². The van der Waals surface area contributed by atoms with Gasteiger partial charge in [0.15, 0.2) is 0 Å². The summed E-state index contributed by atoms with van der Waals surface area (Å²) in [6, 6.07) is 13.3. The third-order valence-electron chi connectivity index (χ3n) is 4.09. The molecule has 0 bridgehead atoms. The van der Waals surface area contributed by atoms with Crippen LogP contribution in [0.5, 0.6) is 0 Å². The zero-order chi connectivity index (χ0) is 20.8. The lowest BCUT2D eigenvalue weighted by Crippen LogP contribution is -2.28. The number of rotatable bonds is 6. The fourth-order valence-corrected chi connectivity index (χ4v) is 3.22. The summed E-state index contributed by atoms with van der Waals surface area (Å²) in [7, 11) is 0. The van der Waals surface area contributed by atoms with Gasteiger partial charge in [-0.2, -0.15) is 5.26 Å². The summed E-state index contributed by atoms with van der Waals surface area (Å²) in [5, 5.41) is 16.3. The Morgan fingerprint density at radius 1 is 1.07 bits per heavy atom. The summed E-state index contributed by atoms with van der Waals surface area (Å²) in [5.41, 5.74) is 0.934. The Morgan fingerprint density at radius 2 is 1.83 bits per heavy atom. The maximum atomic E-state index is 13.9. The number of carbonyl (C=O) groups is 2. The van der Waals surface area contributed by atoms with Crippen LogP contribution in [0.3, 0.4) is 0 Å². The molecule has 1 atom stereocenters. The molecule has 1 unspecified atom stereocenters. The smallest absolute Gasteiger partial charge is 0.261 e. The second-order valence-corrected chi connectivity index (χ2v) is 7.01. The topological polar surface area (TPSA) is 82.0 Å². The molecule has 2 aromatic carbocycles. The SMILES string of the molecule is N#CC(NC(=O)c1ccc(CNC(=O)c2cccs2)cc1)c1ccc(F)cc1F. The zero-order valence-electron chi connectivity index (χ0n) is 15.0. The third-order valence-corrected chi connectivity index (χ3v) is 4.96. The molecule has 146 valence electrons. The minimum atomic E-state index is -1.26. The first-order valence-electron chi connectivity index (χ1n) is 8.54. The number of benzene rings is 2. The van der Waals surface area contributed by atoms with E-state index in [-0.39, 0.29) is 17.0 Å². The Kier molecular flexibility index (Phi) is 6.32. The van der Waals surface area contributed by atoms with E-state index in [1.54, 1.807) is 30.3 Å². The van der Waals surface area contributed by atoms with Crippen molar-refractivity contribution in [3.8, 4) is 6.07 Å². The molecule has 0 radical (unpaired) electrons. The van der Waals surface area contributed by atoms with Crippen molar-refractivity contribution in [1.29, 1.82) is 5.26 Å². The van der Waals surface area contributed by atoms with E-state index in [0.717, 1.165) is 17.7 Å². The first-order valence-corrected chi connectivity index (χ1v) is 9.42. The van der Waals surface area contributed by atoms with Crippen molar-refractivity contribution in [3.63, 3.8) is 0 Å². The van der Waals surface area contributed by atoms with E-state index in [0.29, 0.717) is 17.5 Å². The number of nitriles is 1. The summed E-state index contributed by atoms with van der Waals surface area (Å²) < 4.78 is 26.9. The fraction of sp³-hybridized carbons (Fsp3) is 0.0952. The molecular weight excluding hydrogens is 396 g/mol. The highest BCUT2D eigenvalue weighted by Crippen LogP contribution is 2.18. The minimum Gasteiger partial charge on any atom is -0.347 e. The lowest BCUT2D eigenvalue weighted by Gasteiger charge is -2.13. The summed E-state index contributed by atoms with van der Waals surface area (Å²) in [4.78, 5) is 24.9. The normalized spacial score (nSPS) is 11.3. The Balaban J connectivity index is 1.62. The van der Waals surface area contributed by atoms with Gasteiger partial charge in [0, 0.05) is 23.7 Å². The number of nitrogens with one attached hydrogen (secondary N) is 2. The fourth-order valence-electron chi connectivity index (χ4n) is 2.58. The number of thiophene rings is 1. The predicted molar refractivity (Wildman–Crippen MR) is 104 cm³/mol. The molecule has 0 aliphatic heterocycles. The van der Waals surface area contributed by atoms with Gasteiger partial charge < -0.3 is 10.6 Å². The Morgan fingerprint density at radius 3 is 2.45 bits per heavy atom. The van der Waals surface area contributed by atoms with Crippen LogP contribution in [0.1, 0.15) is 37.2 Å². The van der Waals surface area contributed by atoms with E-state index in [1.165, 1.54) is 23.5 Å². The molecule has 0 fully saturated rings. The summed E-state index contributed by atoms with van der Waals surface area (Å²) in [6.07, 6.45) is 0. The van der Waals surface area contributed by atoms with Crippen molar-refractivity contribution in [2.45, 2.75) is 12.6 Å². The van der Waals surface area contributed by atoms with Crippen LogP contribution in [0.4, 0.5) is 8.78 Å². The average molecular weight is 411 g/mol. The molecule has 0 saturated carbocycles. The maximum Gasteiger partial charge on any atom is 0.261 e. The van der Waals surface area contributed by atoms with Crippen LogP contribution in [-0.4, -0.2) is 11.8 Å². The highest BCUT2D eigenvalue weighted by atomic mass is 32.1. The van der Waals surface area contributed by atoms with E-state index in [9.17, 15) is 23.6 Å². The van der Waals surface area contributed by atoms with Gasteiger partial charge >= 0.3 is 0 Å². The number of hydrogen-bond acceptors (Lipinski definition) is 4. The van der Waals surface area contributed by atoms with Gasteiger partial charge in [0.05, 0.1) is 10.9 Å². The van der Waals surface area contributed by atoms with Crippen LogP contribution in [0.15, 0.2) is 60.0 Å². The Hall–Kier alpha value is -3.57. The van der Waals surface area contributed by atoms with Crippen LogP contribution in [0.25, 0.3) is 0 Å². The molecule has 8 heteroatoms. The molecule has 3 aromatic rings. The van der Waals surface area contributed by atoms with Crippen molar-refractivity contribution in [3.05, 3.63) is 93.2 Å². The second kappa shape index (κ2) is 9.08. The lowest BCUT2D eigenvalue weighted by atomic mass is 10.1. The predicted octanol–water partition coefficient (Wildman–Crippen LogP) is 3.95. The van der Waals surface area contributed by atoms with E-state index in [2.05, 4.69) is 10.6 Å². The molecule has 2 N–H and O–H groups in total. The van der Waals surface area contributed by atoms with E-state index < -0.39 is 23.6 Å². The van der Waals surface area contributed by atoms with Crippen molar-refractivity contribution in [1.82, 2.24) is 10.6 Å². The minimum absolute atomic E-state index is 0.116. The number of hydrogen-bond donors (Lipinski definition) is 2. The Labute approximate surface area is 169 Å². The molecule has 29 heavy (non-hydrogen) atoms. The molecule has 1 heterocycles. The van der Waals surface area contributed by atoms with Gasteiger partial charge in [-0.25, -0.2) is 8.78 Å². The van der Waals surface area contributed by atoms with Crippen molar-refractivity contribution in [2.24, 2.45) is 0 Å². The number of carbonyl (C=O) groups excluding carboxylic acids is 2. The lowest BCUT2D eigenvalue weighted by molar-refractivity contribution is 0.0939. The van der Waals surface area contributed by atoms with Gasteiger partial charge in [-0.3, -0.25) is 9.59 Å². The molecule has 0 saturated heterocycles. The quantitative estimate of drug-likeness (QED) is 0.644. The van der Waals surface area contributed by atoms with Crippen LogP contribution in [0, 0.1) is 23.0 Å². The van der Waals surface area contributed by atoms with Crippen LogP contribution in [-0.2, 0) is 6.54 Å². The van der Waals surface area contributed by atoms with Crippen molar-refractivity contribution in [2.75, 3.05) is 0 Å². The molecule has 0 spiro atoms. The van der Waals surface area contributed by atoms with Gasteiger partial charge in [-0.1, -0.05) is 24.3 Å². The van der Waals surface area contributed by atoms with Crippen LogP contribution >= 0.6 is 11.3 Å². The number of amides is 2. The average Bonchev–Trinajstić information content (AvgIpc) is 3.26. The highest BCUT2D eigenvalue weighted by molar-refractivity contribution is 7.12. The summed E-state index contributed by atoms with van der Waals surface area (Å²) in [5.74, 6) is -2.43. The molecule has 1 aromatic heterocycles. The largest absolute Gasteiger partial charge is 0.347 e. The highest BCUT2D eigenvalue weighted by Gasteiger charge is 2.19. The number of nitrogens with zero attached hydrogens (tertiary/aromatic N) is 1. The summed E-state index contributed by atoms with van der Waals surface area (Å²) in [6.45, 7) is 0.292. The first-order chi connectivity index (χ1) is 14.0. The summed E-state index contributed by atoms with van der Waals surface area (Å²) >= 11 is 1.34. The molecule has 3 rings (SSSR count). The number of halogens is 2. The van der Waals surface area contributed by atoms with E-state index >= 15 is 0 Å². The molecule has 0 aliphatic carbocycles. The van der Waals surface area contributed by atoms with Crippen molar-refractivity contribution >= 4 is 23.2 Å². The molecule has 5 nitrogen and oxygen atoms in total. The van der Waals surface area contributed by atoms with Crippen LogP contribution in [0.2, 0.25) is 0 Å². The molecule has 0 aliphatic rings. The van der Waals surface area contributed by atoms with Gasteiger partial charge in [-0.05, 0) is 35.2 Å². The molecule has 2 amide bonds. The first kappa shape index (κ1) is 20.2. The monoisotopic (exact) mass is 411 g/mol. The third kappa shape index (κ3) is 5.03. The standard InChI is InChI=1S/C21H15F2N3O2S/c22-15-7-8-16(17(23)10-15)18(11-24)26-20(27)14-5-3-13(4-6-14)12-25-21(28)19-2-1-9-29-19/h1-10,18H,12H2,(H,25,28)(H,26,27). The maximum absolute atomic E-state index is 13.9. The zero-order valence-corrected chi connectivity index (χ0v) is 15.8. The van der Waals surface area contributed by atoms with Gasteiger partial charge in [0.25, 0.3) is 11.8 Å².